The van der Waals surface area contributed by atoms with Gasteiger partial charge in [-0.05, 0) is 18.2 Å². The maximum atomic E-state index is 10.8. The Balaban J connectivity index is 2.81. The van der Waals surface area contributed by atoms with Gasteiger partial charge in [-0.25, -0.2) is 0 Å². The van der Waals surface area contributed by atoms with Crippen LogP contribution in [0.1, 0.15) is 10.4 Å². The molecule has 2 aromatic rings. The highest BCUT2D eigenvalue weighted by Crippen LogP contribution is 2.26. The van der Waals surface area contributed by atoms with E-state index in [-0.39, 0.29) is 11.3 Å². The number of hydrogen-bond acceptors (Lipinski definition) is 4. The van der Waals surface area contributed by atoms with E-state index in [1.807, 2.05) is 0 Å². The van der Waals surface area contributed by atoms with Crippen molar-refractivity contribution in [2.24, 2.45) is 0 Å². The second kappa shape index (κ2) is 3.57. The molecule has 2 rings (SSSR count). The third-order valence-corrected chi connectivity index (χ3v) is 2.21. The lowest BCUT2D eigenvalue weighted by Crippen LogP contribution is -1.89. The topological polar surface area (TPSA) is 59.4 Å². The minimum Gasteiger partial charge on any atom is -0.506 e. The van der Waals surface area contributed by atoms with Crippen molar-refractivity contribution >= 4 is 17.2 Å². The van der Waals surface area contributed by atoms with Crippen LogP contribution in [0.4, 0.5) is 0 Å². The quantitative estimate of drug-likeness (QED) is 0.755. The summed E-state index contributed by atoms with van der Waals surface area (Å²) < 4.78 is 5.04. The molecule has 0 spiro atoms. The third-order valence-electron chi connectivity index (χ3n) is 2.21. The number of carbonyl (C=O) groups is 1. The van der Waals surface area contributed by atoms with E-state index in [0.717, 1.165) is 0 Å². The second-order valence-electron chi connectivity index (χ2n) is 3.06. The van der Waals surface area contributed by atoms with E-state index in [9.17, 15) is 9.90 Å². The number of pyridine rings is 1. The maximum Gasteiger partial charge on any atom is 0.154 e. The zero-order valence-electron chi connectivity index (χ0n) is 8.10. The van der Waals surface area contributed by atoms with Gasteiger partial charge in [0.2, 0.25) is 0 Å². The first-order chi connectivity index (χ1) is 7.26. The molecule has 1 N–H and O–H groups in total. The van der Waals surface area contributed by atoms with Gasteiger partial charge in [0.05, 0.1) is 24.4 Å². The number of fused-ring (bicyclic) bond motifs is 1. The Morgan fingerprint density at radius 3 is 2.93 bits per heavy atom. The first kappa shape index (κ1) is 9.45. The van der Waals surface area contributed by atoms with Crippen molar-refractivity contribution in [3.8, 4) is 11.5 Å². The molecule has 0 unspecified atom stereocenters. The van der Waals surface area contributed by atoms with Crippen LogP contribution in [0.5, 0.6) is 11.5 Å². The fraction of sp³-hybridized carbons (Fsp3) is 0.0909. The van der Waals surface area contributed by atoms with Gasteiger partial charge in [0.1, 0.15) is 11.5 Å². The number of rotatable bonds is 2. The summed E-state index contributed by atoms with van der Waals surface area (Å²) in [7, 11) is 1.54. The molecule has 0 saturated heterocycles. The Hall–Kier alpha value is -2.10. The van der Waals surface area contributed by atoms with Crippen LogP contribution in [-0.4, -0.2) is 23.5 Å². The van der Waals surface area contributed by atoms with Crippen molar-refractivity contribution in [1.29, 1.82) is 0 Å². The van der Waals surface area contributed by atoms with E-state index in [0.29, 0.717) is 22.9 Å². The molecule has 0 amide bonds. The minimum atomic E-state index is -0.120. The fourth-order valence-electron chi connectivity index (χ4n) is 1.43. The summed E-state index contributed by atoms with van der Waals surface area (Å²) >= 11 is 0. The number of aromatic hydroxyl groups is 1. The molecule has 4 heteroatoms. The van der Waals surface area contributed by atoms with E-state index < -0.39 is 0 Å². The van der Waals surface area contributed by atoms with Crippen molar-refractivity contribution in [3.05, 3.63) is 30.0 Å². The lowest BCUT2D eigenvalue weighted by molar-refractivity contribution is 0.112. The monoisotopic (exact) mass is 203 g/mol. The highest BCUT2D eigenvalue weighted by atomic mass is 16.5. The van der Waals surface area contributed by atoms with Crippen LogP contribution in [0.3, 0.4) is 0 Å². The third kappa shape index (κ3) is 1.50. The van der Waals surface area contributed by atoms with Crippen LogP contribution < -0.4 is 4.74 Å². The predicted molar refractivity (Wildman–Crippen MR) is 55.3 cm³/mol. The van der Waals surface area contributed by atoms with E-state index in [2.05, 4.69) is 4.98 Å². The molecule has 1 aromatic heterocycles. The smallest absolute Gasteiger partial charge is 0.154 e. The van der Waals surface area contributed by atoms with Gasteiger partial charge >= 0.3 is 0 Å². The Kier molecular flexibility index (Phi) is 2.25. The highest BCUT2D eigenvalue weighted by molar-refractivity contribution is 5.99. The summed E-state index contributed by atoms with van der Waals surface area (Å²) in [6.45, 7) is 0. The summed E-state index contributed by atoms with van der Waals surface area (Å²) in [5, 5.41) is 10.0. The number of ether oxygens (including phenoxy) is 1. The normalized spacial score (nSPS) is 10.2. The van der Waals surface area contributed by atoms with E-state index in [1.165, 1.54) is 13.3 Å². The van der Waals surface area contributed by atoms with Crippen LogP contribution in [0, 0.1) is 0 Å². The summed E-state index contributed by atoms with van der Waals surface area (Å²) in [6, 6.07) is 5.16. The summed E-state index contributed by atoms with van der Waals surface area (Å²) in [4.78, 5) is 14.8. The van der Waals surface area contributed by atoms with Crippen molar-refractivity contribution in [2.45, 2.75) is 0 Å². The largest absolute Gasteiger partial charge is 0.506 e. The molecule has 0 bridgehead atoms. The van der Waals surface area contributed by atoms with Crippen LogP contribution in [0.15, 0.2) is 24.4 Å². The molecule has 15 heavy (non-hydrogen) atoms. The van der Waals surface area contributed by atoms with E-state index >= 15 is 0 Å². The van der Waals surface area contributed by atoms with Crippen molar-refractivity contribution in [3.63, 3.8) is 0 Å². The summed E-state index contributed by atoms with van der Waals surface area (Å²) in [5.74, 6) is 0.503. The highest BCUT2D eigenvalue weighted by Gasteiger charge is 2.07. The number of hydrogen-bond donors (Lipinski definition) is 1. The molecule has 0 aliphatic carbocycles. The molecule has 4 nitrogen and oxygen atoms in total. The minimum absolute atomic E-state index is 0.120. The molecular weight excluding hydrogens is 194 g/mol. The number of aldehydes is 1. The Morgan fingerprint density at radius 1 is 1.47 bits per heavy atom. The molecule has 0 atom stereocenters. The maximum absolute atomic E-state index is 10.8. The van der Waals surface area contributed by atoms with Gasteiger partial charge in [-0.2, -0.15) is 0 Å². The zero-order chi connectivity index (χ0) is 10.8. The number of carbonyl (C=O) groups excluding carboxylic acids is 1. The number of benzene rings is 1. The van der Waals surface area contributed by atoms with E-state index in [4.69, 9.17) is 4.74 Å². The van der Waals surface area contributed by atoms with Gasteiger partial charge in [0, 0.05) is 5.39 Å². The molecule has 0 radical (unpaired) electrons. The van der Waals surface area contributed by atoms with Gasteiger partial charge in [-0.15, -0.1) is 0 Å². The molecular formula is C11H9NO3. The first-order valence-electron chi connectivity index (χ1n) is 4.37. The lowest BCUT2D eigenvalue weighted by Gasteiger charge is -2.04. The van der Waals surface area contributed by atoms with Gasteiger partial charge in [0.15, 0.2) is 6.29 Å². The Morgan fingerprint density at radius 2 is 2.27 bits per heavy atom. The Bertz CT molecular complexity index is 522. The van der Waals surface area contributed by atoms with Gasteiger partial charge in [0.25, 0.3) is 0 Å². The molecule has 1 heterocycles. The summed E-state index contributed by atoms with van der Waals surface area (Å²) in [5.41, 5.74) is 0.884. The molecule has 0 fully saturated rings. The average Bonchev–Trinajstić information content (AvgIpc) is 2.28. The first-order valence-corrected chi connectivity index (χ1v) is 4.37. The molecule has 1 aromatic carbocycles. The van der Waals surface area contributed by atoms with Crippen LogP contribution in [0.2, 0.25) is 0 Å². The van der Waals surface area contributed by atoms with Crippen LogP contribution >= 0.6 is 0 Å². The second-order valence-corrected chi connectivity index (χ2v) is 3.06. The fourth-order valence-corrected chi connectivity index (χ4v) is 1.43. The van der Waals surface area contributed by atoms with Crippen LogP contribution in [-0.2, 0) is 0 Å². The molecule has 0 aliphatic rings. The van der Waals surface area contributed by atoms with Crippen molar-refractivity contribution in [1.82, 2.24) is 4.98 Å². The predicted octanol–water partition coefficient (Wildman–Crippen LogP) is 1.76. The van der Waals surface area contributed by atoms with Crippen LogP contribution in [0.25, 0.3) is 10.9 Å². The Labute approximate surface area is 86.1 Å². The molecule has 76 valence electrons. The summed E-state index contributed by atoms with van der Waals surface area (Å²) in [6.07, 6.45) is 1.87. The standard InChI is InChI=1S/C11H9NO3/c1-15-7-2-3-10-8(4-7)9(6-13)11(14)5-12-10/h2-6,14H,1H3. The molecule has 0 aliphatic heterocycles. The van der Waals surface area contributed by atoms with Gasteiger partial charge in [-0.1, -0.05) is 0 Å². The zero-order valence-corrected chi connectivity index (χ0v) is 8.10. The van der Waals surface area contributed by atoms with Gasteiger partial charge in [-0.3, -0.25) is 9.78 Å². The van der Waals surface area contributed by atoms with Crippen molar-refractivity contribution < 1.29 is 14.6 Å². The number of aromatic nitrogens is 1. The average molecular weight is 203 g/mol. The molecule has 0 saturated carbocycles. The van der Waals surface area contributed by atoms with E-state index in [1.54, 1.807) is 18.2 Å². The van der Waals surface area contributed by atoms with Crippen molar-refractivity contribution in [2.75, 3.05) is 7.11 Å². The SMILES string of the molecule is COc1ccc2ncc(O)c(C=O)c2c1. The lowest BCUT2D eigenvalue weighted by atomic mass is 10.1. The van der Waals surface area contributed by atoms with Gasteiger partial charge < -0.3 is 9.84 Å². The number of methoxy groups -OCH3 is 1. The number of nitrogens with zero attached hydrogens (tertiary/aromatic N) is 1.